The Balaban J connectivity index is 0.00000320. The van der Waals surface area contributed by atoms with Gasteiger partial charge >= 0.3 is 5.69 Å². The topological polar surface area (TPSA) is 86.1 Å². The zero-order valence-corrected chi connectivity index (χ0v) is 21.7. The van der Waals surface area contributed by atoms with E-state index in [1.165, 1.54) is 15.2 Å². The van der Waals surface area contributed by atoms with Crippen LogP contribution in [-0.4, -0.2) is 39.2 Å². The molecular formula is C28H31ClFN5O2. The summed E-state index contributed by atoms with van der Waals surface area (Å²) in [6, 6.07) is 16.7. The Morgan fingerprint density at radius 2 is 1.76 bits per heavy atom. The minimum absolute atomic E-state index is 0. The zero-order chi connectivity index (χ0) is 25.4. The number of benzene rings is 2. The molecule has 194 valence electrons. The van der Waals surface area contributed by atoms with Crippen LogP contribution in [0.25, 0.3) is 27.8 Å². The van der Waals surface area contributed by atoms with Gasteiger partial charge in [0, 0.05) is 18.6 Å². The van der Waals surface area contributed by atoms with Gasteiger partial charge < -0.3 is 10.6 Å². The quantitative estimate of drug-likeness (QED) is 0.422. The first kappa shape index (κ1) is 26.7. The Bertz CT molecular complexity index is 1540. The van der Waals surface area contributed by atoms with Gasteiger partial charge in [0.1, 0.15) is 5.82 Å². The molecule has 0 atom stereocenters. The minimum Gasteiger partial charge on any atom is -0.328 e. The third-order valence-electron chi connectivity index (χ3n) is 6.92. The molecule has 2 N–H and O–H groups in total. The summed E-state index contributed by atoms with van der Waals surface area (Å²) in [5.74, 6) is -0.617. The summed E-state index contributed by atoms with van der Waals surface area (Å²) in [5.41, 5.74) is 8.95. The second kappa shape index (κ2) is 11.0. The van der Waals surface area contributed by atoms with Crippen molar-refractivity contribution in [1.82, 2.24) is 19.0 Å². The molecule has 1 aliphatic rings. The minimum atomic E-state index is -0.617. The fourth-order valence-electron chi connectivity index (χ4n) is 5.19. The van der Waals surface area contributed by atoms with Gasteiger partial charge in [-0.3, -0.25) is 9.36 Å². The van der Waals surface area contributed by atoms with E-state index >= 15 is 0 Å². The largest absolute Gasteiger partial charge is 0.337 e. The van der Waals surface area contributed by atoms with Crippen LogP contribution in [0.3, 0.4) is 0 Å². The van der Waals surface area contributed by atoms with Crippen molar-refractivity contribution >= 4 is 23.4 Å². The van der Waals surface area contributed by atoms with E-state index in [0.29, 0.717) is 18.5 Å². The normalized spacial score (nSPS) is 17.6. The average Bonchev–Trinajstić information content (AvgIpc) is 2.86. The van der Waals surface area contributed by atoms with Crippen LogP contribution in [-0.2, 0) is 6.54 Å². The fraction of sp³-hybridized carbons (Fsp3) is 0.321. The molecule has 0 saturated heterocycles. The standard InChI is InChI=1S/C28H30FN5O2.ClH/c1-32(2)17-19-6-3-4-9-24(19)18-7-5-8-23(14-18)33-26-25(15-20(29)16-31-26)27(35)34(28(33)36)22-12-10-21(30)11-13-22;/h3-9,14-16,21-22H,10-13,17,30H2,1-2H3;1H/t21-,22+;. The van der Waals surface area contributed by atoms with Crippen molar-refractivity contribution in [3.8, 4) is 16.8 Å². The summed E-state index contributed by atoms with van der Waals surface area (Å²) in [5, 5.41) is 0.0860. The van der Waals surface area contributed by atoms with Crippen LogP contribution in [0, 0.1) is 5.82 Å². The van der Waals surface area contributed by atoms with Gasteiger partial charge in [0.2, 0.25) is 0 Å². The maximum absolute atomic E-state index is 14.2. The molecule has 9 heteroatoms. The SMILES string of the molecule is CN(C)Cc1ccccc1-c1cccc(-n2c(=O)n([C@H]3CC[C@@H](N)CC3)c(=O)c3cc(F)cnc32)c1.Cl. The third kappa shape index (κ3) is 5.23. The van der Waals surface area contributed by atoms with Crippen LogP contribution in [0.2, 0.25) is 0 Å². The van der Waals surface area contributed by atoms with Crippen LogP contribution in [0.1, 0.15) is 37.3 Å². The first-order valence-corrected chi connectivity index (χ1v) is 12.3. The Morgan fingerprint density at radius 3 is 2.49 bits per heavy atom. The molecule has 2 heterocycles. The average molecular weight is 524 g/mol. The van der Waals surface area contributed by atoms with E-state index in [-0.39, 0.29) is 35.5 Å². The van der Waals surface area contributed by atoms with E-state index in [9.17, 15) is 14.0 Å². The Kier molecular flexibility index (Phi) is 7.92. The lowest BCUT2D eigenvalue weighted by molar-refractivity contribution is 0.309. The molecule has 4 aromatic rings. The van der Waals surface area contributed by atoms with Crippen molar-refractivity contribution < 1.29 is 4.39 Å². The second-order valence-electron chi connectivity index (χ2n) is 9.83. The molecule has 7 nitrogen and oxygen atoms in total. The first-order valence-electron chi connectivity index (χ1n) is 12.3. The summed E-state index contributed by atoms with van der Waals surface area (Å²) < 4.78 is 16.9. The predicted octanol–water partition coefficient (Wildman–Crippen LogP) is 4.28. The van der Waals surface area contributed by atoms with Crippen molar-refractivity contribution in [3.63, 3.8) is 0 Å². The van der Waals surface area contributed by atoms with E-state index < -0.39 is 17.1 Å². The number of rotatable bonds is 5. The van der Waals surface area contributed by atoms with Gasteiger partial charge in [-0.25, -0.2) is 18.7 Å². The highest BCUT2D eigenvalue weighted by Crippen LogP contribution is 2.28. The van der Waals surface area contributed by atoms with Gasteiger partial charge in [-0.05, 0) is 74.7 Å². The van der Waals surface area contributed by atoms with Crippen LogP contribution < -0.4 is 17.0 Å². The number of aromatic nitrogens is 3. The van der Waals surface area contributed by atoms with E-state index in [0.717, 1.165) is 42.3 Å². The fourth-order valence-corrected chi connectivity index (χ4v) is 5.19. The lowest BCUT2D eigenvalue weighted by atomic mass is 9.91. The molecule has 1 saturated carbocycles. The highest BCUT2D eigenvalue weighted by molar-refractivity contribution is 5.85. The van der Waals surface area contributed by atoms with Crippen LogP contribution in [0.4, 0.5) is 4.39 Å². The third-order valence-corrected chi connectivity index (χ3v) is 6.92. The van der Waals surface area contributed by atoms with Gasteiger partial charge in [0.05, 0.1) is 17.3 Å². The molecule has 1 aliphatic carbocycles. The highest BCUT2D eigenvalue weighted by Gasteiger charge is 2.26. The number of pyridine rings is 1. The molecule has 5 rings (SSSR count). The Labute approximate surface area is 220 Å². The summed E-state index contributed by atoms with van der Waals surface area (Å²) in [7, 11) is 4.04. The molecule has 0 aliphatic heterocycles. The van der Waals surface area contributed by atoms with Crippen LogP contribution in [0.5, 0.6) is 0 Å². The summed E-state index contributed by atoms with van der Waals surface area (Å²) >= 11 is 0. The summed E-state index contributed by atoms with van der Waals surface area (Å²) in [4.78, 5) is 33.6. The van der Waals surface area contributed by atoms with Crippen molar-refractivity contribution in [3.05, 3.63) is 93.0 Å². The Hall–Kier alpha value is -3.33. The van der Waals surface area contributed by atoms with Gasteiger partial charge in [-0.15, -0.1) is 12.4 Å². The molecule has 37 heavy (non-hydrogen) atoms. The Morgan fingerprint density at radius 1 is 1.03 bits per heavy atom. The lowest BCUT2D eigenvalue weighted by Crippen LogP contribution is -2.44. The lowest BCUT2D eigenvalue weighted by Gasteiger charge is -2.28. The van der Waals surface area contributed by atoms with Crippen molar-refractivity contribution in [2.24, 2.45) is 5.73 Å². The van der Waals surface area contributed by atoms with Crippen LogP contribution in [0.15, 0.2) is 70.4 Å². The molecule has 0 bridgehead atoms. The molecule has 1 fully saturated rings. The van der Waals surface area contributed by atoms with Gasteiger partial charge in [0.25, 0.3) is 5.56 Å². The van der Waals surface area contributed by atoms with E-state index in [1.807, 2.05) is 50.5 Å². The zero-order valence-electron chi connectivity index (χ0n) is 20.9. The van der Waals surface area contributed by atoms with E-state index in [4.69, 9.17) is 5.73 Å². The maximum Gasteiger partial charge on any atom is 0.337 e. The monoisotopic (exact) mass is 523 g/mol. The number of fused-ring (bicyclic) bond motifs is 1. The molecule has 0 spiro atoms. The van der Waals surface area contributed by atoms with Crippen LogP contribution >= 0.6 is 12.4 Å². The van der Waals surface area contributed by atoms with Crippen molar-refractivity contribution in [1.29, 1.82) is 0 Å². The predicted molar refractivity (Wildman–Crippen MR) is 147 cm³/mol. The molecule has 2 aromatic heterocycles. The number of nitrogens with zero attached hydrogens (tertiary/aromatic N) is 4. The number of hydrogen-bond donors (Lipinski definition) is 1. The number of hydrogen-bond acceptors (Lipinski definition) is 5. The summed E-state index contributed by atoms with van der Waals surface area (Å²) in [6.45, 7) is 0.763. The van der Waals surface area contributed by atoms with Crippen molar-refractivity contribution in [2.45, 2.75) is 44.3 Å². The molecule has 2 aromatic carbocycles. The smallest absolute Gasteiger partial charge is 0.328 e. The van der Waals surface area contributed by atoms with Crippen molar-refractivity contribution in [2.75, 3.05) is 14.1 Å². The number of nitrogens with two attached hydrogens (primary N) is 1. The second-order valence-corrected chi connectivity index (χ2v) is 9.83. The van der Waals surface area contributed by atoms with Gasteiger partial charge in [0.15, 0.2) is 5.65 Å². The molecule has 0 unspecified atom stereocenters. The van der Waals surface area contributed by atoms with E-state index in [2.05, 4.69) is 22.0 Å². The first-order chi connectivity index (χ1) is 17.3. The van der Waals surface area contributed by atoms with E-state index in [1.54, 1.807) is 0 Å². The summed E-state index contributed by atoms with van der Waals surface area (Å²) in [6.07, 6.45) is 3.76. The van der Waals surface area contributed by atoms with Gasteiger partial charge in [-0.1, -0.05) is 36.4 Å². The molecular weight excluding hydrogens is 493 g/mol. The number of halogens is 2. The molecule has 0 radical (unpaired) electrons. The molecule has 0 amide bonds. The highest BCUT2D eigenvalue weighted by atomic mass is 35.5. The van der Waals surface area contributed by atoms with Gasteiger partial charge in [-0.2, -0.15) is 0 Å². The maximum atomic E-state index is 14.2.